The molecule has 1 unspecified atom stereocenters. The molecule has 1 aliphatic heterocycles. The molecule has 7 heteroatoms. The Kier molecular flexibility index (Phi) is 32.4. The van der Waals surface area contributed by atoms with Crippen molar-refractivity contribution >= 4 is 17.1 Å². The molecule has 0 radical (unpaired) electrons. The van der Waals surface area contributed by atoms with Crippen LogP contribution in [0.3, 0.4) is 0 Å². The molecule has 3 aromatic rings. The zero-order valence-electron chi connectivity index (χ0n) is 41.7. The summed E-state index contributed by atoms with van der Waals surface area (Å²) in [5, 5.41) is 2.81. The number of rotatable bonds is 15. The van der Waals surface area contributed by atoms with Gasteiger partial charge in [-0.1, -0.05) is 157 Å². The van der Waals surface area contributed by atoms with Gasteiger partial charge in [-0.2, -0.15) is 0 Å². The lowest BCUT2D eigenvalue weighted by Crippen LogP contribution is -2.36. The Hall–Kier alpha value is -4.10. The van der Waals surface area contributed by atoms with E-state index in [-0.39, 0.29) is 12.4 Å². The number of nitrogens with two attached hydrogens (primary N) is 1. The van der Waals surface area contributed by atoms with Gasteiger partial charge in [0.25, 0.3) is 0 Å². The second-order valence-corrected chi connectivity index (χ2v) is 16.6. The van der Waals surface area contributed by atoms with Crippen LogP contribution in [-0.2, 0) is 24.2 Å². The molecule has 0 saturated carbocycles. The number of fused-ring (bicyclic) bond motifs is 1. The summed E-state index contributed by atoms with van der Waals surface area (Å²) < 4.78 is 40.7. The number of alkyl halides is 2. The van der Waals surface area contributed by atoms with Gasteiger partial charge >= 0.3 is 0 Å². The molecule has 1 saturated heterocycles. The van der Waals surface area contributed by atoms with Gasteiger partial charge in [-0.15, -0.1) is 0 Å². The zero-order valence-corrected chi connectivity index (χ0v) is 41.7. The highest BCUT2D eigenvalue weighted by Crippen LogP contribution is 2.35. The monoisotopic (exact) mass is 864 g/mol. The van der Waals surface area contributed by atoms with Crippen LogP contribution in [0.5, 0.6) is 0 Å². The SMILES string of the molecule is C=C/C(=C\C(F)=C(\C)CC)N(CCC)CC(C)C(C)(F)F.C=CN.CC.CC=O.CCC.CCCc1cccc2c(-c3ccc(CN4CCC(C)(C)CC4)cc3CC)cccc12. The maximum absolute atomic E-state index is 14.0. The number of benzene rings is 3. The van der Waals surface area contributed by atoms with Crippen LogP contribution in [0.15, 0.2) is 103 Å². The van der Waals surface area contributed by atoms with Gasteiger partial charge in [0.05, 0.1) is 0 Å². The fraction of sp³-hybridized carbons (Fsp3) is 0.545. The van der Waals surface area contributed by atoms with Gasteiger partial charge in [0.2, 0.25) is 5.92 Å². The predicted molar refractivity (Wildman–Crippen MR) is 269 cm³/mol. The first kappa shape index (κ1) is 60.0. The predicted octanol–water partition coefficient (Wildman–Crippen LogP) is 16.1. The van der Waals surface area contributed by atoms with Crippen molar-refractivity contribution in [3.05, 3.63) is 120 Å². The molecule has 350 valence electrons. The lowest BCUT2D eigenvalue weighted by atomic mass is 9.82. The van der Waals surface area contributed by atoms with Crippen LogP contribution in [0.4, 0.5) is 13.2 Å². The van der Waals surface area contributed by atoms with Crippen molar-refractivity contribution in [3.63, 3.8) is 0 Å². The summed E-state index contributed by atoms with van der Waals surface area (Å²) in [5.41, 5.74) is 13.5. The van der Waals surface area contributed by atoms with Gasteiger partial charge < -0.3 is 15.4 Å². The maximum Gasteiger partial charge on any atom is 0.249 e. The molecule has 0 spiro atoms. The third-order valence-corrected chi connectivity index (χ3v) is 10.6. The van der Waals surface area contributed by atoms with E-state index in [1.165, 1.54) is 110 Å². The van der Waals surface area contributed by atoms with E-state index in [9.17, 15) is 13.2 Å². The topological polar surface area (TPSA) is 49.6 Å². The fourth-order valence-corrected chi connectivity index (χ4v) is 6.76. The average molecular weight is 864 g/mol. The van der Waals surface area contributed by atoms with Crippen molar-refractivity contribution < 1.29 is 18.0 Å². The number of aldehydes is 1. The highest BCUT2D eigenvalue weighted by atomic mass is 19.3. The van der Waals surface area contributed by atoms with E-state index in [0.29, 0.717) is 29.7 Å². The van der Waals surface area contributed by atoms with E-state index in [2.05, 4.69) is 120 Å². The smallest absolute Gasteiger partial charge is 0.249 e. The van der Waals surface area contributed by atoms with E-state index >= 15 is 0 Å². The summed E-state index contributed by atoms with van der Waals surface area (Å²) >= 11 is 0. The molecule has 62 heavy (non-hydrogen) atoms. The van der Waals surface area contributed by atoms with Crippen molar-refractivity contribution in [2.45, 2.75) is 161 Å². The van der Waals surface area contributed by atoms with Crippen LogP contribution in [0.25, 0.3) is 21.9 Å². The van der Waals surface area contributed by atoms with E-state index in [1.807, 2.05) is 27.7 Å². The summed E-state index contributed by atoms with van der Waals surface area (Å²) in [6.45, 7) is 38.2. The molecule has 1 aliphatic rings. The van der Waals surface area contributed by atoms with E-state index in [1.54, 1.807) is 11.8 Å². The number of halogens is 3. The minimum Gasteiger partial charge on any atom is -0.405 e. The minimum atomic E-state index is -2.76. The number of aryl methyl sites for hydroxylation is 2. The molecular formula is C55H88F3N3O. The van der Waals surface area contributed by atoms with Crippen LogP contribution < -0.4 is 5.73 Å². The molecule has 4 nitrogen and oxygen atoms in total. The van der Waals surface area contributed by atoms with Gasteiger partial charge in [-0.25, -0.2) is 13.2 Å². The van der Waals surface area contributed by atoms with E-state index < -0.39 is 11.8 Å². The lowest BCUT2D eigenvalue weighted by molar-refractivity contribution is -0.106. The van der Waals surface area contributed by atoms with Crippen molar-refractivity contribution in [1.29, 1.82) is 0 Å². The number of allylic oxidation sites excluding steroid dienone is 4. The fourth-order valence-electron chi connectivity index (χ4n) is 6.76. The van der Waals surface area contributed by atoms with E-state index in [4.69, 9.17) is 4.79 Å². The first-order chi connectivity index (χ1) is 29.4. The van der Waals surface area contributed by atoms with Crippen molar-refractivity contribution in [3.8, 4) is 11.1 Å². The Balaban J connectivity index is 0. The van der Waals surface area contributed by atoms with Gasteiger partial charge in [0, 0.05) is 31.2 Å². The summed E-state index contributed by atoms with van der Waals surface area (Å²) in [6, 6.07) is 20.9. The summed E-state index contributed by atoms with van der Waals surface area (Å²) in [5.74, 6) is -3.89. The molecule has 3 aromatic carbocycles. The van der Waals surface area contributed by atoms with Gasteiger partial charge in [-0.3, -0.25) is 4.90 Å². The molecule has 1 atom stereocenters. The molecule has 1 fully saturated rings. The Morgan fingerprint density at radius 3 is 1.95 bits per heavy atom. The largest absolute Gasteiger partial charge is 0.405 e. The number of piperidine rings is 1. The number of nitrogens with zero attached hydrogens (tertiary/aromatic N) is 2. The third kappa shape index (κ3) is 22.3. The molecule has 0 aromatic heterocycles. The molecule has 0 bridgehead atoms. The van der Waals surface area contributed by atoms with Crippen molar-refractivity contribution in [2.24, 2.45) is 17.1 Å². The molecule has 0 aliphatic carbocycles. The van der Waals surface area contributed by atoms with Crippen LogP contribution >= 0.6 is 0 Å². The molecule has 4 rings (SSSR count). The summed E-state index contributed by atoms with van der Waals surface area (Å²) in [4.78, 5) is 13.2. The number of hydrogen-bond donors (Lipinski definition) is 1. The molecule has 2 N–H and O–H groups in total. The van der Waals surface area contributed by atoms with Crippen LogP contribution in [-0.4, -0.2) is 48.2 Å². The van der Waals surface area contributed by atoms with E-state index in [0.717, 1.165) is 39.0 Å². The van der Waals surface area contributed by atoms with Crippen molar-refractivity contribution in [2.75, 3.05) is 26.2 Å². The average Bonchev–Trinajstić information content (AvgIpc) is 3.24. The van der Waals surface area contributed by atoms with Crippen LogP contribution in [0.2, 0.25) is 0 Å². The summed E-state index contributed by atoms with van der Waals surface area (Å²) in [7, 11) is 0. The number of hydrogen-bond acceptors (Lipinski definition) is 4. The second-order valence-electron chi connectivity index (χ2n) is 16.6. The lowest BCUT2D eigenvalue weighted by Gasteiger charge is -2.37. The first-order valence-electron chi connectivity index (χ1n) is 23.3. The van der Waals surface area contributed by atoms with Gasteiger partial charge in [0.1, 0.15) is 12.1 Å². The number of likely N-dealkylation sites (tertiary alicyclic amines) is 1. The Morgan fingerprint density at radius 1 is 0.919 bits per heavy atom. The van der Waals surface area contributed by atoms with Crippen LogP contribution in [0.1, 0.15) is 152 Å². The highest BCUT2D eigenvalue weighted by molar-refractivity contribution is 5.99. The van der Waals surface area contributed by atoms with Crippen LogP contribution in [0, 0.1) is 11.3 Å². The maximum atomic E-state index is 14.0. The van der Waals surface area contributed by atoms with Gasteiger partial charge in [-0.05, 0) is 140 Å². The zero-order chi connectivity index (χ0) is 47.9. The molecule has 0 amide bonds. The first-order valence-corrected chi connectivity index (χ1v) is 23.3. The third-order valence-electron chi connectivity index (χ3n) is 10.6. The standard InChI is InChI=1S/C29H37N.C17H28F3N.C3H8.C2H5N.C2H4O.C2H6/c1-5-9-24-10-7-12-27-25(24)11-8-13-28(27)26-15-14-22(20-23(26)6-2)21-30-18-16-29(3,4)17-19-30;1-7-10-21(12-14(5)17(6,19)20)15(9-3)11-16(18)13(4)8-2;1-3-2;2*1-2-3;1-2/h7-8,10-15,20H,5-6,9,16-19,21H2,1-4H3;9,11,14H,3,7-8,10,12H2,1-2,4-6H3;3H2,1-2H3;2H,1,3H2;2H,1H3;1-2H3/b;15-11+,16-13+;;;;. The Labute approximate surface area is 378 Å². The minimum absolute atomic E-state index is 0.174. The molecule has 1 heterocycles. The quantitative estimate of drug-likeness (QED) is 0.122. The Bertz CT molecular complexity index is 1740. The number of carbonyl (C=O) groups excluding carboxylic acids is 1. The van der Waals surface area contributed by atoms with Crippen molar-refractivity contribution in [1.82, 2.24) is 9.80 Å². The highest BCUT2D eigenvalue weighted by Gasteiger charge is 2.31. The molecular weight excluding hydrogens is 776 g/mol. The normalized spacial score (nSPS) is 14.2. The second kappa shape index (κ2) is 33.5. The van der Waals surface area contributed by atoms with Gasteiger partial charge in [0.15, 0.2) is 0 Å². The Morgan fingerprint density at radius 2 is 1.47 bits per heavy atom. The number of carbonyl (C=O) groups is 1. The summed E-state index contributed by atoms with van der Waals surface area (Å²) in [6.07, 6.45) is 13.6.